The quantitative estimate of drug-likeness (QED) is 0.943. The Labute approximate surface area is 117 Å². The molecule has 0 amide bonds. The lowest BCUT2D eigenvalue weighted by atomic mass is 10.00. The largest absolute Gasteiger partial charge is 0.478 e. The van der Waals surface area contributed by atoms with Crippen LogP contribution in [0.1, 0.15) is 15.9 Å². The van der Waals surface area contributed by atoms with Crippen molar-refractivity contribution in [2.75, 3.05) is 6.26 Å². The molecule has 0 bridgehead atoms. The van der Waals surface area contributed by atoms with E-state index in [1.54, 1.807) is 25.1 Å². The summed E-state index contributed by atoms with van der Waals surface area (Å²) in [5.74, 6) is -1.13. The minimum atomic E-state index is -3.52. The van der Waals surface area contributed by atoms with Crippen molar-refractivity contribution < 1.29 is 18.3 Å². The van der Waals surface area contributed by atoms with Gasteiger partial charge in [-0.3, -0.25) is 0 Å². The highest BCUT2D eigenvalue weighted by Gasteiger charge is 2.19. The van der Waals surface area contributed by atoms with Gasteiger partial charge in [-0.1, -0.05) is 30.3 Å². The first-order chi connectivity index (χ1) is 9.30. The molecule has 0 unspecified atom stereocenters. The molecule has 104 valence electrons. The molecule has 0 heterocycles. The molecule has 0 aliphatic carbocycles. The lowest BCUT2D eigenvalue weighted by molar-refractivity contribution is 0.0696. The van der Waals surface area contributed by atoms with Gasteiger partial charge in [-0.2, -0.15) is 0 Å². The maximum absolute atomic E-state index is 11.9. The van der Waals surface area contributed by atoms with E-state index in [-0.39, 0.29) is 10.5 Å². The predicted molar refractivity (Wildman–Crippen MR) is 76.7 cm³/mol. The number of carboxylic acid groups (broad SMARTS) is 1. The molecule has 0 fully saturated rings. The van der Waals surface area contributed by atoms with Crippen LogP contribution in [0.25, 0.3) is 11.1 Å². The highest BCUT2D eigenvalue weighted by atomic mass is 32.2. The van der Waals surface area contributed by atoms with Gasteiger partial charge in [-0.25, -0.2) is 13.2 Å². The molecule has 20 heavy (non-hydrogen) atoms. The minimum absolute atomic E-state index is 0.00473. The Morgan fingerprint density at radius 1 is 1.10 bits per heavy atom. The molecule has 4 nitrogen and oxygen atoms in total. The smallest absolute Gasteiger partial charge is 0.335 e. The number of aryl methyl sites for hydroxylation is 1. The summed E-state index contributed by atoms with van der Waals surface area (Å²) in [4.78, 5) is 11.2. The van der Waals surface area contributed by atoms with Crippen LogP contribution in [0, 0.1) is 6.92 Å². The fourth-order valence-corrected chi connectivity index (χ4v) is 2.98. The van der Waals surface area contributed by atoms with Crippen LogP contribution in [-0.4, -0.2) is 25.7 Å². The van der Waals surface area contributed by atoms with E-state index in [4.69, 9.17) is 5.11 Å². The summed E-state index contributed by atoms with van der Waals surface area (Å²) in [6.45, 7) is 1.65. The van der Waals surface area contributed by atoms with Crippen LogP contribution in [0.2, 0.25) is 0 Å². The van der Waals surface area contributed by atoms with Gasteiger partial charge < -0.3 is 5.11 Å². The number of aromatic carboxylic acids is 1. The van der Waals surface area contributed by atoms with E-state index in [2.05, 4.69) is 0 Å². The molecular formula is C15H14O4S. The molecular weight excluding hydrogens is 276 g/mol. The normalized spacial score (nSPS) is 11.3. The molecule has 0 saturated heterocycles. The monoisotopic (exact) mass is 290 g/mol. The molecule has 0 atom stereocenters. The molecule has 2 rings (SSSR count). The average molecular weight is 290 g/mol. The van der Waals surface area contributed by atoms with Crippen LogP contribution in [0.4, 0.5) is 0 Å². The molecule has 0 aromatic heterocycles. The van der Waals surface area contributed by atoms with Gasteiger partial charge in [0.05, 0.1) is 10.5 Å². The molecule has 5 heteroatoms. The van der Waals surface area contributed by atoms with Crippen LogP contribution in [-0.2, 0) is 9.84 Å². The van der Waals surface area contributed by atoms with E-state index < -0.39 is 15.8 Å². The number of hydrogen-bond donors (Lipinski definition) is 1. The summed E-state index contributed by atoms with van der Waals surface area (Å²) >= 11 is 0. The number of sulfone groups is 1. The summed E-state index contributed by atoms with van der Waals surface area (Å²) in [5.41, 5.74) is 1.80. The van der Waals surface area contributed by atoms with Crippen molar-refractivity contribution in [1.82, 2.24) is 0 Å². The summed E-state index contributed by atoms with van der Waals surface area (Å²) < 4.78 is 23.8. The van der Waals surface area contributed by atoms with Crippen molar-refractivity contribution in [3.63, 3.8) is 0 Å². The fraction of sp³-hybridized carbons (Fsp3) is 0.133. The van der Waals surface area contributed by atoms with Gasteiger partial charge in [0.25, 0.3) is 0 Å². The minimum Gasteiger partial charge on any atom is -0.478 e. The Hall–Kier alpha value is -2.14. The van der Waals surface area contributed by atoms with E-state index in [1.165, 1.54) is 6.07 Å². The standard InChI is InChI=1S/C15H14O4S/c1-10-8-13(11-6-4-3-5-7-11)14(20(2,18)19)9-12(10)15(16)17/h3-9H,1-2H3,(H,16,17). The number of benzene rings is 2. The number of rotatable bonds is 3. The molecule has 0 saturated carbocycles. The molecule has 0 radical (unpaired) electrons. The Bertz CT molecular complexity index is 762. The van der Waals surface area contributed by atoms with Crippen molar-refractivity contribution in [3.8, 4) is 11.1 Å². The van der Waals surface area contributed by atoms with Crippen molar-refractivity contribution >= 4 is 15.8 Å². The van der Waals surface area contributed by atoms with Gasteiger partial charge in [0.15, 0.2) is 9.84 Å². The zero-order valence-electron chi connectivity index (χ0n) is 11.1. The lowest BCUT2D eigenvalue weighted by Gasteiger charge is -2.12. The van der Waals surface area contributed by atoms with Crippen LogP contribution < -0.4 is 0 Å². The lowest BCUT2D eigenvalue weighted by Crippen LogP contribution is -2.06. The number of carboxylic acids is 1. The van der Waals surface area contributed by atoms with Gasteiger partial charge >= 0.3 is 5.97 Å². The van der Waals surface area contributed by atoms with Crippen molar-refractivity contribution in [1.29, 1.82) is 0 Å². The van der Waals surface area contributed by atoms with Crippen molar-refractivity contribution in [3.05, 3.63) is 53.6 Å². The Morgan fingerprint density at radius 3 is 2.20 bits per heavy atom. The van der Waals surface area contributed by atoms with E-state index in [9.17, 15) is 13.2 Å². The highest BCUT2D eigenvalue weighted by molar-refractivity contribution is 7.90. The third-order valence-corrected chi connectivity index (χ3v) is 4.18. The van der Waals surface area contributed by atoms with Gasteiger partial charge in [0.2, 0.25) is 0 Å². The molecule has 0 aliphatic rings. The highest BCUT2D eigenvalue weighted by Crippen LogP contribution is 2.30. The second-order valence-corrected chi connectivity index (χ2v) is 6.59. The van der Waals surface area contributed by atoms with E-state index in [0.717, 1.165) is 11.8 Å². The first kappa shape index (κ1) is 14.3. The van der Waals surface area contributed by atoms with Crippen molar-refractivity contribution in [2.45, 2.75) is 11.8 Å². The second-order valence-electron chi connectivity index (χ2n) is 4.61. The third kappa shape index (κ3) is 2.72. The fourth-order valence-electron chi connectivity index (χ4n) is 2.07. The van der Waals surface area contributed by atoms with E-state index >= 15 is 0 Å². The topological polar surface area (TPSA) is 71.4 Å². The molecule has 0 spiro atoms. The molecule has 0 aliphatic heterocycles. The average Bonchev–Trinajstić information content (AvgIpc) is 2.37. The summed E-state index contributed by atoms with van der Waals surface area (Å²) in [7, 11) is -3.52. The van der Waals surface area contributed by atoms with Crippen LogP contribution in [0.5, 0.6) is 0 Å². The Balaban J connectivity index is 2.81. The summed E-state index contributed by atoms with van der Waals surface area (Å²) in [6, 6.07) is 11.9. The summed E-state index contributed by atoms with van der Waals surface area (Å²) in [6.07, 6.45) is 1.08. The van der Waals surface area contributed by atoms with Crippen molar-refractivity contribution in [2.24, 2.45) is 0 Å². The van der Waals surface area contributed by atoms with Crippen LogP contribution in [0.15, 0.2) is 47.4 Å². The van der Waals surface area contributed by atoms with Gasteiger partial charge in [0, 0.05) is 11.8 Å². The van der Waals surface area contributed by atoms with E-state index in [0.29, 0.717) is 11.1 Å². The Morgan fingerprint density at radius 2 is 1.70 bits per heavy atom. The SMILES string of the molecule is Cc1cc(-c2ccccc2)c(S(C)(=O)=O)cc1C(=O)O. The van der Waals surface area contributed by atoms with Gasteiger partial charge in [-0.15, -0.1) is 0 Å². The van der Waals surface area contributed by atoms with Crippen LogP contribution in [0.3, 0.4) is 0 Å². The zero-order valence-corrected chi connectivity index (χ0v) is 11.9. The predicted octanol–water partition coefficient (Wildman–Crippen LogP) is 2.76. The van der Waals surface area contributed by atoms with Crippen LogP contribution >= 0.6 is 0 Å². The molecule has 2 aromatic carbocycles. The second kappa shape index (κ2) is 5.09. The first-order valence-electron chi connectivity index (χ1n) is 5.94. The zero-order chi connectivity index (χ0) is 14.9. The maximum Gasteiger partial charge on any atom is 0.335 e. The van der Waals surface area contributed by atoms with Gasteiger partial charge in [-0.05, 0) is 30.2 Å². The number of hydrogen-bond acceptors (Lipinski definition) is 3. The van der Waals surface area contributed by atoms with E-state index in [1.807, 2.05) is 18.2 Å². The van der Waals surface area contributed by atoms with Gasteiger partial charge in [0.1, 0.15) is 0 Å². The molecule has 2 aromatic rings. The summed E-state index contributed by atoms with van der Waals surface area (Å²) in [5, 5.41) is 9.12. The third-order valence-electron chi connectivity index (χ3n) is 3.04. The Kier molecular flexibility index (Phi) is 3.63. The number of carbonyl (C=O) groups is 1. The maximum atomic E-state index is 11.9. The first-order valence-corrected chi connectivity index (χ1v) is 7.83. The molecule has 1 N–H and O–H groups in total.